The summed E-state index contributed by atoms with van der Waals surface area (Å²) in [4.78, 5) is 0. The van der Waals surface area contributed by atoms with Gasteiger partial charge in [0.15, 0.2) is 0 Å². The normalized spacial score (nSPS) is 12.7. The van der Waals surface area contributed by atoms with Crippen molar-refractivity contribution in [1.82, 2.24) is 0 Å². The maximum Gasteiger partial charge on any atom is 0.00168 e. The highest BCUT2D eigenvalue weighted by atomic mass is 32.1. The minimum Gasteiger partial charge on any atom is -0.179 e. The molecule has 0 rings (SSSR count). The van der Waals surface area contributed by atoms with E-state index in [1.807, 2.05) is 0 Å². The smallest absolute Gasteiger partial charge is 0.00168 e. The summed E-state index contributed by atoms with van der Waals surface area (Å²) in [6, 6.07) is 0. The molecule has 0 aliphatic rings. The quantitative estimate of drug-likeness (QED) is 0.183. The largest absolute Gasteiger partial charge is 0.179 e. The van der Waals surface area contributed by atoms with Gasteiger partial charge in [0.1, 0.15) is 0 Å². The van der Waals surface area contributed by atoms with Gasteiger partial charge in [0.2, 0.25) is 0 Å². The van der Waals surface area contributed by atoms with Gasteiger partial charge in [-0.25, -0.2) is 0 Å². The molecule has 22 heavy (non-hydrogen) atoms. The third kappa shape index (κ3) is 18.7. The molecule has 1 atom stereocenters. The Morgan fingerprint density at radius 3 is 1.32 bits per heavy atom. The van der Waals surface area contributed by atoms with Gasteiger partial charge in [-0.15, -0.1) is 0 Å². The lowest BCUT2D eigenvalue weighted by Gasteiger charge is -2.10. The molecule has 0 aliphatic heterocycles. The lowest BCUT2D eigenvalue weighted by molar-refractivity contribution is 0.533. The number of thiol groups is 2. The van der Waals surface area contributed by atoms with Crippen LogP contribution in [0.15, 0.2) is 0 Å². The molecule has 0 nitrogen and oxygen atoms in total. The van der Waals surface area contributed by atoms with E-state index in [1.54, 1.807) is 0 Å². The summed E-state index contributed by atoms with van der Waals surface area (Å²) < 4.78 is 0. The van der Waals surface area contributed by atoms with Gasteiger partial charge in [-0.05, 0) is 25.0 Å². The Balaban J connectivity index is 3.09. The molecule has 0 aromatic carbocycles. The average molecular weight is 347 g/mol. The van der Waals surface area contributed by atoms with Crippen molar-refractivity contribution >= 4 is 25.3 Å². The molecule has 0 spiro atoms. The average Bonchev–Trinajstić information content (AvgIpc) is 2.52. The van der Waals surface area contributed by atoms with E-state index in [0.717, 1.165) is 5.75 Å². The van der Waals surface area contributed by atoms with Crippen LogP contribution in [0.4, 0.5) is 0 Å². The first-order valence-corrected chi connectivity index (χ1v) is 11.2. The highest BCUT2D eigenvalue weighted by Crippen LogP contribution is 2.18. The summed E-state index contributed by atoms with van der Waals surface area (Å²) in [7, 11) is 0. The zero-order valence-corrected chi connectivity index (χ0v) is 17.0. The van der Waals surface area contributed by atoms with Gasteiger partial charge >= 0.3 is 0 Å². The Morgan fingerprint density at radius 2 is 0.909 bits per heavy atom. The number of hydrogen-bond donors (Lipinski definition) is 2. The lowest BCUT2D eigenvalue weighted by atomic mass is 10.0. The maximum absolute atomic E-state index is 4.75. The van der Waals surface area contributed by atoms with E-state index >= 15 is 0 Å². The highest BCUT2D eigenvalue weighted by molar-refractivity contribution is 7.81. The van der Waals surface area contributed by atoms with Gasteiger partial charge in [0.05, 0.1) is 0 Å². The van der Waals surface area contributed by atoms with Crippen LogP contribution < -0.4 is 0 Å². The van der Waals surface area contributed by atoms with Gasteiger partial charge in [-0.3, -0.25) is 0 Å². The van der Waals surface area contributed by atoms with E-state index in [0.29, 0.717) is 5.25 Å². The summed E-state index contributed by atoms with van der Waals surface area (Å²) >= 11 is 9.00. The Kier molecular flexibility index (Phi) is 20.4. The van der Waals surface area contributed by atoms with Gasteiger partial charge in [0, 0.05) is 5.25 Å². The van der Waals surface area contributed by atoms with Crippen LogP contribution in [0.5, 0.6) is 0 Å². The van der Waals surface area contributed by atoms with Crippen LogP contribution >= 0.6 is 25.3 Å². The first kappa shape index (κ1) is 22.7. The second-order valence-corrected chi connectivity index (χ2v) is 8.08. The standard InChI is InChI=1S/C20H42S2/c1-2-3-4-11-14-17-20(22)18-15-12-9-7-5-6-8-10-13-16-19-21/h20-22H,2-19H2,1H3. The van der Waals surface area contributed by atoms with E-state index in [4.69, 9.17) is 12.6 Å². The third-order valence-corrected chi connectivity index (χ3v) is 5.42. The molecule has 2 heteroatoms. The summed E-state index contributed by atoms with van der Waals surface area (Å²) in [6.07, 6.45) is 23.8. The summed E-state index contributed by atoms with van der Waals surface area (Å²) in [5, 5.41) is 0.661. The van der Waals surface area contributed by atoms with Gasteiger partial charge < -0.3 is 0 Å². The van der Waals surface area contributed by atoms with Crippen molar-refractivity contribution in [2.45, 2.75) is 121 Å². The van der Waals surface area contributed by atoms with Crippen LogP contribution in [0.1, 0.15) is 116 Å². The molecule has 0 bridgehead atoms. The molecule has 1 unspecified atom stereocenters. The zero-order valence-electron chi connectivity index (χ0n) is 15.2. The van der Waals surface area contributed by atoms with E-state index in [9.17, 15) is 0 Å². The molecular formula is C20H42S2. The van der Waals surface area contributed by atoms with Crippen LogP contribution in [0, 0.1) is 0 Å². The lowest BCUT2D eigenvalue weighted by Crippen LogP contribution is -1.98. The predicted octanol–water partition coefficient (Wildman–Crippen LogP) is 7.87. The molecule has 0 saturated carbocycles. The molecule has 0 aliphatic carbocycles. The molecule has 0 amide bonds. The summed E-state index contributed by atoms with van der Waals surface area (Å²) in [5.74, 6) is 1.06. The fourth-order valence-electron chi connectivity index (χ4n) is 3.03. The van der Waals surface area contributed by atoms with Crippen molar-refractivity contribution in [2.24, 2.45) is 0 Å². The van der Waals surface area contributed by atoms with Crippen LogP contribution in [0.25, 0.3) is 0 Å². The van der Waals surface area contributed by atoms with Crippen molar-refractivity contribution in [3.05, 3.63) is 0 Å². The Labute approximate surface area is 152 Å². The molecule has 0 aromatic rings. The van der Waals surface area contributed by atoms with E-state index in [1.165, 1.54) is 109 Å². The summed E-state index contributed by atoms with van der Waals surface area (Å²) in [6.45, 7) is 2.28. The van der Waals surface area contributed by atoms with Crippen molar-refractivity contribution < 1.29 is 0 Å². The zero-order chi connectivity index (χ0) is 16.3. The minimum atomic E-state index is 0.661. The third-order valence-electron chi connectivity index (χ3n) is 4.59. The predicted molar refractivity (Wildman–Crippen MR) is 111 cm³/mol. The maximum atomic E-state index is 4.75. The van der Waals surface area contributed by atoms with Gasteiger partial charge in [-0.1, -0.05) is 96.8 Å². The number of hydrogen-bond acceptors (Lipinski definition) is 2. The first-order valence-electron chi connectivity index (χ1n) is 10.1. The topological polar surface area (TPSA) is 0 Å². The summed E-state index contributed by atoms with van der Waals surface area (Å²) in [5.41, 5.74) is 0. The molecule has 0 N–H and O–H groups in total. The Bertz CT molecular complexity index is 194. The molecule has 0 fully saturated rings. The second-order valence-electron chi connectivity index (χ2n) is 6.90. The Hall–Kier alpha value is 0.700. The van der Waals surface area contributed by atoms with Crippen molar-refractivity contribution in [3.8, 4) is 0 Å². The van der Waals surface area contributed by atoms with Crippen LogP contribution in [-0.2, 0) is 0 Å². The fourth-order valence-corrected chi connectivity index (χ4v) is 3.62. The van der Waals surface area contributed by atoms with E-state index in [2.05, 4.69) is 19.6 Å². The molecule has 0 radical (unpaired) electrons. The first-order chi connectivity index (χ1) is 10.8. The van der Waals surface area contributed by atoms with E-state index < -0.39 is 0 Å². The molecule has 0 aromatic heterocycles. The van der Waals surface area contributed by atoms with Crippen LogP contribution in [-0.4, -0.2) is 11.0 Å². The number of rotatable bonds is 18. The van der Waals surface area contributed by atoms with Gasteiger partial charge in [0.25, 0.3) is 0 Å². The molecule has 0 heterocycles. The van der Waals surface area contributed by atoms with Crippen LogP contribution in [0.2, 0.25) is 0 Å². The van der Waals surface area contributed by atoms with Crippen molar-refractivity contribution in [2.75, 3.05) is 5.75 Å². The van der Waals surface area contributed by atoms with Crippen LogP contribution in [0.3, 0.4) is 0 Å². The van der Waals surface area contributed by atoms with E-state index in [-0.39, 0.29) is 0 Å². The second kappa shape index (κ2) is 19.7. The van der Waals surface area contributed by atoms with Crippen molar-refractivity contribution in [1.29, 1.82) is 0 Å². The van der Waals surface area contributed by atoms with Crippen molar-refractivity contribution in [3.63, 3.8) is 0 Å². The molecule has 134 valence electrons. The highest BCUT2D eigenvalue weighted by Gasteiger charge is 2.02. The monoisotopic (exact) mass is 346 g/mol. The molecule has 0 saturated heterocycles. The van der Waals surface area contributed by atoms with Gasteiger partial charge in [-0.2, -0.15) is 25.3 Å². The minimum absolute atomic E-state index is 0.661. The number of unbranched alkanes of at least 4 members (excludes halogenated alkanes) is 13. The SMILES string of the molecule is CCCCCCCC(S)CCCCCCCCCCCCS. The molecular weight excluding hydrogens is 304 g/mol. The Morgan fingerprint density at radius 1 is 0.545 bits per heavy atom. The fraction of sp³-hybridized carbons (Fsp3) is 1.00.